The first-order chi connectivity index (χ1) is 10.2. The zero-order valence-corrected chi connectivity index (χ0v) is 11.3. The molecule has 0 bridgehead atoms. The number of hydrogen-bond acceptors (Lipinski definition) is 6. The maximum atomic E-state index is 11.6. The number of rotatable bonds is 3. The molecule has 104 valence electrons. The Hall–Kier alpha value is -3.06. The zero-order valence-electron chi connectivity index (χ0n) is 11.3. The molecule has 7 heteroatoms. The Kier molecular flexibility index (Phi) is 4.37. The van der Waals surface area contributed by atoms with Crippen LogP contribution in [0.4, 0.5) is 5.69 Å². The van der Waals surface area contributed by atoms with Crippen LogP contribution < -0.4 is 5.43 Å². The van der Waals surface area contributed by atoms with E-state index >= 15 is 0 Å². The predicted octanol–water partition coefficient (Wildman–Crippen LogP) is 2.02. The lowest BCUT2D eigenvalue weighted by Gasteiger charge is -2.22. The highest BCUT2D eigenvalue weighted by atomic mass is 16.2. The number of azo groups is 1. The Bertz CT molecular complexity index is 650. The molecule has 0 aromatic heterocycles. The maximum absolute atomic E-state index is 11.6. The summed E-state index contributed by atoms with van der Waals surface area (Å²) in [5.74, 6) is -0.399. The number of nitriles is 2. The van der Waals surface area contributed by atoms with Gasteiger partial charge in [0.1, 0.15) is 12.1 Å². The van der Waals surface area contributed by atoms with E-state index in [1.165, 1.54) is 0 Å². The monoisotopic (exact) mass is 280 g/mol. The number of carbonyl (C=O) groups excluding carboxylic acids is 1. The highest BCUT2D eigenvalue weighted by Gasteiger charge is 2.26. The molecule has 1 aromatic carbocycles. The molecule has 0 fully saturated rings. The minimum Gasteiger partial charge on any atom is -0.273 e. The van der Waals surface area contributed by atoms with Crippen molar-refractivity contribution in [2.75, 3.05) is 0 Å². The number of carbonyl (C=O) groups is 1. The van der Waals surface area contributed by atoms with E-state index in [4.69, 9.17) is 10.5 Å². The van der Waals surface area contributed by atoms with Gasteiger partial charge in [0.05, 0.1) is 5.69 Å². The lowest BCUT2D eigenvalue weighted by molar-refractivity contribution is -0.125. The van der Waals surface area contributed by atoms with Crippen LogP contribution in [0.5, 0.6) is 0 Å². The second-order valence-electron chi connectivity index (χ2n) is 4.54. The average molecular weight is 280 g/mol. The molecule has 1 aromatic rings. The van der Waals surface area contributed by atoms with E-state index in [0.29, 0.717) is 5.69 Å². The fraction of sp³-hybridized carbons (Fsp3) is 0.286. The number of nitrogens with zero attached hydrogens (tertiary/aromatic N) is 5. The molecule has 1 heterocycles. The molecule has 0 radical (unpaired) electrons. The SMILES string of the molecule is CC1C(=O)NN=CC1c1ccc(N=NC(C#N)C#N)cc1. The van der Waals surface area contributed by atoms with Gasteiger partial charge in [0.15, 0.2) is 0 Å². The summed E-state index contributed by atoms with van der Waals surface area (Å²) in [5.41, 5.74) is 3.91. The predicted molar refractivity (Wildman–Crippen MR) is 74.5 cm³/mol. The fourth-order valence-corrected chi connectivity index (χ4v) is 1.92. The Labute approximate surface area is 121 Å². The van der Waals surface area contributed by atoms with E-state index in [0.717, 1.165) is 5.56 Å². The Balaban J connectivity index is 2.15. The van der Waals surface area contributed by atoms with Crippen LogP contribution in [-0.4, -0.2) is 18.2 Å². The summed E-state index contributed by atoms with van der Waals surface area (Å²) >= 11 is 0. The number of benzene rings is 1. The molecule has 0 saturated heterocycles. The highest BCUT2D eigenvalue weighted by Crippen LogP contribution is 2.27. The molecule has 0 aliphatic carbocycles. The van der Waals surface area contributed by atoms with Crippen molar-refractivity contribution in [2.45, 2.75) is 18.9 Å². The van der Waals surface area contributed by atoms with Crippen molar-refractivity contribution < 1.29 is 4.79 Å². The quantitative estimate of drug-likeness (QED) is 0.854. The van der Waals surface area contributed by atoms with Crippen LogP contribution in [0, 0.1) is 28.6 Å². The average Bonchev–Trinajstić information content (AvgIpc) is 2.52. The van der Waals surface area contributed by atoms with Gasteiger partial charge in [0.25, 0.3) is 0 Å². The van der Waals surface area contributed by atoms with Gasteiger partial charge in [-0.1, -0.05) is 19.1 Å². The van der Waals surface area contributed by atoms with Gasteiger partial charge in [-0.15, -0.1) is 0 Å². The van der Waals surface area contributed by atoms with Crippen molar-refractivity contribution in [3.05, 3.63) is 29.8 Å². The van der Waals surface area contributed by atoms with E-state index in [2.05, 4.69) is 20.8 Å². The standard InChI is InChI=1S/C14H12N6O/c1-9-13(8-17-20-14(9)21)10-2-4-11(5-3-10)18-19-12(6-15)7-16/h2-5,8-9,12-13H,1H3,(H,20,21). The molecule has 0 saturated carbocycles. The minimum absolute atomic E-state index is 0.0873. The fourth-order valence-electron chi connectivity index (χ4n) is 1.92. The molecule has 2 unspecified atom stereocenters. The van der Waals surface area contributed by atoms with E-state index in [1.54, 1.807) is 30.5 Å². The topological polar surface area (TPSA) is 114 Å². The third kappa shape index (κ3) is 3.28. The van der Waals surface area contributed by atoms with Crippen molar-refractivity contribution in [1.82, 2.24) is 5.43 Å². The van der Waals surface area contributed by atoms with Gasteiger partial charge in [-0.25, -0.2) is 5.43 Å². The first-order valence-electron chi connectivity index (χ1n) is 6.29. The summed E-state index contributed by atoms with van der Waals surface area (Å²) in [6.07, 6.45) is 1.70. The summed E-state index contributed by atoms with van der Waals surface area (Å²) in [6, 6.07) is 9.42. The van der Waals surface area contributed by atoms with Crippen molar-refractivity contribution in [1.29, 1.82) is 10.5 Å². The molecule has 1 aliphatic heterocycles. The number of hydrazone groups is 1. The first-order valence-corrected chi connectivity index (χ1v) is 6.29. The molecule has 21 heavy (non-hydrogen) atoms. The zero-order chi connectivity index (χ0) is 15.2. The van der Waals surface area contributed by atoms with E-state index in [1.807, 2.05) is 19.1 Å². The summed E-state index contributed by atoms with van der Waals surface area (Å²) in [5, 5.41) is 28.5. The van der Waals surface area contributed by atoms with Crippen molar-refractivity contribution in [3.63, 3.8) is 0 Å². The smallest absolute Gasteiger partial charge is 0.243 e. The maximum Gasteiger partial charge on any atom is 0.243 e. The number of nitrogens with one attached hydrogen (secondary N) is 1. The van der Waals surface area contributed by atoms with Crippen LogP contribution in [0.1, 0.15) is 18.4 Å². The Morgan fingerprint density at radius 3 is 2.57 bits per heavy atom. The number of hydrogen-bond donors (Lipinski definition) is 1. The van der Waals surface area contributed by atoms with Crippen LogP contribution in [0.3, 0.4) is 0 Å². The van der Waals surface area contributed by atoms with Gasteiger partial charge in [-0.05, 0) is 17.7 Å². The lowest BCUT2D eigenvalue weighted by atomic mass is 9.87. The van der Waals surface area contributed by atoms with Gasteiger partial charge in [-0.3, -0.25) is 4.79 Å². The van der Waals surface area contributed by atoms with E-state index < -0.39 is 6.04 Å². The van der Waals surface area contributed by atoms with Gasteiger partial charge >= 0.3 is 0 Å². The lowest BCUT2D eigenvalue weighted by Crippen LogP contribution is -2.34. The van der Waals surface area contributed by atoms with Crippen molar-refractivity contribution in [2.24, 2.45) is 21.2 Å². The summed E-state index contributed by atoms with van der Waals surface area (Å²) in [4.78, 5) is 11.6. The molecular formula is C14H12N6O. The van der Waals surface area contributed by atoms with E-state index in [-0.39, 0.29) is 17.7 Å². The van der Waals surface area contributed by atoms with Crippen LogP contribution in [0.25, 0.3) is 0 Å². The van der Waals surface area contributed by atoms with Gasteiger partial charge < -0.3 is 0 Å². The van der Waals surface area contributed by atoms with Crippen molar-refractivity contribution in [3.8, 4) is 12.1 Å². The van der Waals surface area contributed by atoms with Crippen LogP contribution in [0.2, 0.25) is 0 Å². The molecule has 2 rings (SSSR count). The molecule has 1 N–H and O–H groups in total. The summed E-state index contributed by atoms with van der Waals surface area (Å²) in [7, 11) is 0. The second kappa shape index (κ2) is 6.40. The van der Waals surface area contributed by atoms with Crippen LogP contribution in [-0.2, 0) is 4.79 Å². The largest absolute Gasteiger partial charge is 0.273 e. The summed E-state index contributed by atoms with van der Waals surface area (Å²) < 4.78 is 0. The molecule has 0 spiro atoms. The Morgan fingerprint density at radius 2 is 1.95 bits per heavy atom. The molecule has 1 amide bonds. The third-order valence-corrected chi connectivity index (χ3v) is 3.17. The highest BCUT2D eigenvalue weighted by molar-refractivity contribution is 5.88. The molecule has 1 aliphatic rings. The molecular weight excluding hydrogens is 268 g/mol. The van der Waals surface area contributed by atoms with Gasteiger partial charge in [0, 0.05) is 18.1 Å². The second-order valence-corrected chi connectivity index (χ2v) is 4.54. The van der Waals surface area contributed by atoms with E-state index in [9.17, 15) is 4.79 Å². The van der Waals surface area contributed by atoms with Crippen LogP contribution in [0.15, 0.2) is 39.6 Å². The summed E-state index contributed by atoms with van der Waals surface area (Å²) in [6.45, 7) is 1.84. The molecule has 2 atom stereocenters. The minimum atomic E-state index is -1.10. The van der Waals surface area contributed by atoms with Crippen molar-refractivity contribution >= 4 is 17.8 Å². The third-order valence-electron chi connectivity index (χ3n) is 3.17. The van der Waals surface area contributed by atoms with Gasteiger partial charge in [-0.2, -0.15) is 25.9 Å². The Morgan fingerprint density at radius 1 is 1.29 bits per heavy atom. The first kappa shape index (κ1) is 14.4. The number of amides is 1. The molecule has 7 nitrogen and oxygen atoms in total. The normalized spacial score (nSPS) is 21.0. The van der Waals surface area contributed by atoms with Crippen LogP contribution >= 0.6 is 0 Å². The van der Waals surface area contributed by atoms with Gasteiger partial charge in [0.2, 0.25) is 11.9 Å².